The van der Waals surface area contributed by atoms with Gasteiger partial charge in [-0.3, -0.25) is 4.99 Å². The van der Waals surface area contributed by atoms with Crippen LogP contribution in [0.25, 0.3) is 0 Å². The van der Waals surface area contributed by atoms with E-state index >= 15 is 0 Å². The fourth-order valence-corrected chi connectivity index (χ4v) is 3.50. The summed E-state index contributed by atoms with van der Waals surface area (Å²) in [5.41, 5.74) is 1.27. The molecule has 138 valence electrons. The van der Waals surface area contributed by atoms with Gasteiger partial charge < -0.3 is 15.4 Å². The summed E-state index contributed by atoms with van der Waals surface area (Å²) in [4.78, 5) is 4.86. The monoisotopic (exact) mass is 455 g/mol. The van der Waals surface area contributed by atoms with Crippen LogP contribution in [0.3, 0.4) is 0 Å². The van der Waals surface area contributed by atoms with Crippen LogP contribution in [-0.4, -0.2) is 31.7 Å². The summed E-state index contributed by atoms with van der Waals surface area (Å²) in [6, 6.07) is 11.1. The molecule has 0 radical (unpaired) electrons. The first-order valence-corrected chi connectivity index (χ1v) is 9.23. The van der Waals surface area contributed by atoms with Gasteiger partial charge in [0.1, 0.15) is 0 Å². The molecule has 1 fully saturated rings. The van der Waals surface area contributed by atoms with Crippen LogP contribution in [0.5, 0.6) is 0 Å². The number of ether oxygens (including phenoxy) is 1. The molecule has 25 heavy (non-hydrogen) atoms. The molecule has 1 aliphatic carbocycles. The van der Waals surface area contributed by atoms with Crippen molar-refractivity contribution >= 4 is 29.9 Å². The van der Waals surface area contributed by atoms with E-state index in [-0.39, 0.29) is 30.1 Å². The van der Waals surface area contributed by atoms with Gasteiger partial charge in [0.2, 0.25) is 0 Å². The predicted octanol–water partition coefficient (Wildman–Crippen LogP) is 4.05. The smallest absolute Gasteiger partial charge is 0.191 e. The van der Waals surface area contributed by atoms with E-state index in [4.69, 9.17) is 9.73 Å². The van der Waals surface area contributed by atoms with Crippen molar-refractivity contribution in [1.29, 1.82) is 0 Å². The highest BCUT2D eigenvalue weighted by Crippen LogP contribution is 2.33. The summed E-state index contributed by atoms with van der Waals surface area (Å²) >= 11 is 0. The van der Waals surface area contributed by atoms with Crippen LogP contribution < -0.4 is 10.6 Å². The van der Waals surface area contributed by atoms with Crippen molar-refractivity contribution in [2.45, 2.75) is 44.8 Å². The quantitative estimate of drug-likeness (QED) is 0.305. The van der Waals surface area contributed by atoms with Crippen molar-refractivity contribution in [3.63, 3.8) is 0 Å². The maximum Gasteiger partial charge on any atom is 0.191 e. The maximum absolute atomic E-state index is 6.08. The molecule has 2 N–H and O–H groups in total. The van der Waals surface area contributed by atoms with Crippen LogP contribution >= 0.6 is 24.0 Å². The zero-order chi connectivity index (χ0) is 16.6. The van der Waals surface area contributed by atoms with Crippen molar-refractivity contribution in [1.82, 2.24) is 10.6 Å². The highest BCUT2D eigenvalue weighted by atomic mass is 127. The van der Waals surface area contributed by atoms with Gasteiger partial charge in [-0.25, -0.2) is 0 Å². The zero-order valence-corrected chi connectivity index (χ0v) is 17.3. The number of guanidine groups is 1. The predicted molar refractivity (Wildman–Crippen MR) is 115 cm³/mol. The van der Waals surface area contributed by atoms with Gasteiger partial charge in [-0.15, -0.1) is 24.0 Å². The number of halogens is 1. The second-order valence-corrected chi connectivity index (χ2v) is 6.61. The first-order valence-electron chi connectivity index (χ1n) is 9.23. The largest absolute Gasteiger partial charge is 0.373 e. The summed E-state index contributed by atoms with van der Waals surface area (Å²) in [6.07, 6.45) is 9.11. The van der Waals surface area contributed by atoms with Crippen LogP contribution in [0.2, 0.25) is 0 Å². The van der Waals surface area contributed by atoms with Crippen LogP contribution in [0.4, 0.5) is 0 Å². The number of hydrogen-bond donors (Lipinski definition) is 2. The topological polar surface area (TPSA) is 45.7 Å². The Kier molecular flexibility index (Phi) is 8.75. The lowest BCUT2D eigenvalue weighted by atomic mass is 9.89. The second kappa shape index (κ2) is 10.8. The van der Waals surface area contributed by atoms with Crippen LogP contribution in [-0.2, 0) is 4.74 Å². The second-order valence-electron chi connectivity index (χ2n) is 6.61. The fourth-order valence-electron chi connectivity index (χ4n) is 3.50. The van der Waals surface area contributed by atoms with Gasteiger partial charge in [0.05, 0.1) is 6.10 Å². The lowest BCUT2D eigenvalue weighted by Crippen LogP contribution is -2.43. The van der Waals surface area contributed by atoms with E-state index in [0.29, 0.717) is 12.0 Å². The summed E-state index contributed by atoms with van der Waals surface area (Å²) in [7, 11) is 0. The molecule has 0 amide bonds. The Morgan fingerprint density at radius 2 is 1.96 bits per heavy atom. The van der Waals surface area contributed by atoms with E-state index in [1.165, 1.54) is 12.0 Å². The van der Waals surface area contributed by atoms with Crippen molar-refractivity contribution in [2.75, 3.05) is 19.7 Å². The maximum atomic E-state index is 6.08. The highest BCUT2D eigenvalue weighted by Gasteiger charge is 2.27. The number of rotatable bonds is 5. The fraction of sp³-hybridized carbons (Fsp3) is 0.550. The van der Waals surface area contributed by atoms with Crippen molar-refractivity contribution in [3.8, 4) is 0 Å². The van der Waals surface area contributed by atoms with E-state index < -0.39 is 0 Å². The molecule has 5 heteroatoms. The first-order chi connectivity index (χ1) is 11.9. The van der Waals surface area contributed by atoms with E-state index in [9.17, 15) is 0 Å². The molecule has 0 aromatic heterocycles. The molecule has 0 saturated carbocycles. The van der Waals surface area contributed by atoms with Gasteiger partial charge in [-0.05, 0) is 38.2 Å². The Bertz CT molecular complexity index is 553. The molecule has 3 rings (SSSR count). The average Bonchev–Trinajstić information content (AvgIpc) is 3.14. The molecule has 2 atom stereocenters. The van der Waals surface area contributed by atoms with Crippen molar-refractivity contribution in [2.24, 2.45) is 10.9 Å². The number of hydrogen-bond acceptors (Lipinski definition) is 2. The number of nitrogens with one attached hydrogen (secondary N) is 2. The Labute approximate surface area is 168 Å². The van der Waals surface area contributed by atoms with E-state index in [2.05, 4.69) is 60.0 Å². The molecular formula is C20H30IN3O. The summed E-state index contributed by atoms with van der Waals surface area (Å²) in [5, 5.41) is 6.92. The lowest BCUT2D eigenvalue weighted by molar-refractivity contribution is -0.0250. The number of nitrogens with zero attached hydrogens (tertiary/aromatic N) is 1. The number of aliphatic imine (C=N–C) groups is 1. The first kappa shape index (κ1) is 20.2. The van der Waals surface area contributed by atoms with E-state index in [0.717, 1.165) is 44.9 Å². The van der Waals surface area contributed by atoms with E-state index in [1.54, 1.807) is 0 Å². The van der Waals surface area contributed by atoms with Gasteiger partial charge >= 0.3 is 0 Å². The van der Waals surface area contributed by atoms with Crippen LogP contribution in [0, 0.1) is 5.92 Å². The number of benzene rings is 1. The third-order valence-electron chi connectivity index (χ3n) is 4.75. The third-order valence-corrected chi connectivity index (χ3v) is 4.75. The van der Waals surface area contributed by atoms with Crippen LogP contribution in [0.15, 0.2) is 47.5 Å². The molecule has 4 nitrogen and oxygen atoms in total. The molecule has 1 heterocycles. The molecule has 0 bridgehead atoms. The molecule has 1 aromatic rings. The van der Waals surface area contributed by atoms with Crippen molar-refractivity contribution in [3.05, 3.63) is 48.0 Å². The normalized spacial score (nSPS) is 24.0. The summed E-state index contributed by atoms with van der Waals surface area (Å²) in [6.45, 7) is 4.65. The van der Waals surface area contributed by atoms with Gasteiger partial charge in [0.25, 0.3) is 0 Å². The van der Waals surface area contributed by atoms with Crippen LogP contribution in [0.1, 0.15) is 44.3 Å². The zero-order valence-electron chi connectivity index (χ0n) is 15.0. The highest BCUT2D eigenvalue weighted by molar-refractivity contribution is 14.0. The Balaban J connectivity index is 0.00000225. The summed E-state index contributed by atoms with van der Waals surface area (Å²) < 4.78 is 6.08. The Hall–Kier alpha value is -1.08. The minimum atomic E-state index is 0. The van der Waals surface area contributed by atoms with Gasteiger partial charge in [-0.2, -0.15) is 0 Å². The Morgan fingerprint density at radius 3 is 2.68 bits per heavy atom. The van der Waals surface area contributed by atoms with Gasteiger partial charge in [0.15, 0.2) is 5.96 Å². The molecule has 2 unspecified atom stereocenters. The Morgan fingerprint density at radius 1 is 1.20 bits per heavy atom. The molecule has 0 spiro atoms. The minimum Gasteiger partial charge on any atom is -0.373 e. The molecule has 1 saturated heterocycles. The standard InChI is InChI=1S/C20H29N3O.HI/c1-2-21-20(23-18-12-6-7-13-18)22-15-17-11-8-14-24-19(17)16-9-4-3-5-10-16;/h3-7,9-10,17-19H,2,8,11-15H2,1H3,(H2,21,22,23);1H. The SMILES string of the molecule is CCNC(=NCC1CCCOC1c1ccccc1)NC1CC=CC1.I. The van der Waals surface area contributed by atoms with E-state index in [1.807, 2.05) is 0 Å². The molecule has 2 aliphatic rings. The minimum absolute atomic E-state index is 0. The molecule has 1 aromatic carbocycles. The molecular weight excluding hydrogens is 425 g/mol. The van der Waals surface area contributed by atoms with Crippen molar-refractivity contribution < 1.29 is 4.74 Å². The van der Waals surface area contributed by atoms with Gasteiger partial charge in [0, 0.05) is 31.7 Å². The average molecular weight is 455 g/mol. The third kappa shape index (κ3) is 5.99. The molecule has 1 aliphatic heterocycles. The lowest BCUT2D eigenvalue weighted by Gasteiger charge is -2.31. The summed E-state index contributed by atoms with van der Waals surface area (Å²) in [5.74, 6) is 1.38. The van der Waals surface area contributed by atoms with Gasteiger partial charge in [-0.1, -0.05) is 42.5 Å².